The molecule has 5 nitrogen and oxygen atoms in total. The molecule has 8 heteroatoms. The van der Waals surface area contributed by atoms with Gasteiger partial charge in [-0.1, -0.05) is 19.0 Å². The lowest BCUT2D eigenvalue weighted by atomic mass is 10.1. The van der Waals surface area contributed by atoms with Crippen molar-refractivity contribution in [2.75, 3.05) is 13.2 Å². The Balaban J connectivity index is 2.31. The monoisotopic (exact) mass is 294 g/mol. The smallest absolute Gasteiger partial charge is 0.372 e. The summed E-state index contributed by atoms with van der Waals surface area (Å²) < 4.78 is 44.7. The first-order chi connectivity index (χ1) is 9.26. The third-order valence-corrected chi connectivity index (χ3v) is 2.23. The minimum atomic E-state index is -4.34. The van der Waals surface area contributed by atoms with Crippen LogP contribution in [0.25, 0.3) is 0 Å². The maximum atomic E-state index is 11.8. The van der Waals surface area contributed by atoms with Gasteiger partial charge >= 0.3 is 6.18 Å². The van der Waals surface area contributed by atoms with Crippen LogP contribution in [0.2, 0.25) is 0 Å². The van der Waals surface area contributed by atoms with Crippen LogP contribution in [0.1, 0.15) is 32.0 Å². The summed E-state index contributed by atoms with van der Waals surface area (Å²) in [6, 6.07) is 0. The number of hydrogen-bond donors (Lipinski definition) is 0. The highest BCUT2D eigenvalue weighted by Crippen LogP contribution is 2.14. The summed E-state index contributed by atoms with van der Waals surface area (Å²) in [6.07, 6.45) is -3.76. The molecule has 0 aliphatic carbocycles. The van der Waals surface area contributed by atoms with Crippen LogP contribution < -0.4 is 0 Å². The molecule has 0 N–H and O–H groups in total. The zero-order chi connectivity index (χ0) is 15.2. The van der Waals surface area contributed by atoms with Gasteiger partial charge in [0.1, 0.15) is 12.4 Å². The molecule has 0 saturated heterocycles. The molecule has 0 aromatic carbocycles. The third kappa shape index (κ3) is 7.22. The molecular formula is C12H17F3N2O3. The summed E-state index contributed by atoms with van der Waals surface area (Å²) in [7, 11) is 0. The second kappa shape index (κ2) is 7.37. The Morgan fingerprint density at radius 2 is 2.10 bits per heavy atom. The van der Waals surface area contributed by atoms with E-state index in [2.05, 4.69) is 14.9 Å². The van der Waals surface area contributed by atoms with E-state index in [9.17, 15) is 18.0 Å². The number of ether oxygens (including phenoxy) is 1. The molecule has 0 radical (unpaired) electrons. The minimum Gasteiger partial charge on any atom is -0.372 e. The van der Waals surface area contributed by atoms with Crippen LogP contribution in [0.3, 0.4) is 0 Å². The predicted molar refractivity (Wildman–Crippen MR) is 63.0 cm³/mol. The summed E-state index contributed by atoms with van der Waals surface area (Å²) in [6.45, 7) is 2.40. The number of carbonyl (C=O) groups is 1. The molecule has 1 heterocycles. The number of Topliss-reactive ketones (excluding diaryl/α,β-unsaturated/α-hetero) is 1. The molecule has 0 bridgehead atoms. The first kappa shape index (κ1) is 16.6. The number of ketones is 1. The molecule has 0 atom stereocenters. The fourth-order valence-corrected chi connectivity index (χ4v) is 1.51. The van der Waals surface area contributed by atoms with Gasteiger partial charge in [-0.15, -0.1) is 0 Å². The maximum Gasteiger partial charge on any atom is 0.411 e. The number of nitrogens with zero attached hydrogens (tertiary/aromatic N) is 2. The summed E-state index contributed by atoms with van der Waals surface area (Å²) >= 11 is 0. The van der Waals surface area contributed by atoms with E-state index >= 15 is 0 Å². The van der Waals surface area contributed by atoms with Crippen LogP contribution in [-0.4, -0.2) is 35.3 Å². The van der Waals surface area contributed by atoms with E-state index in [1.807, 2.05) is 13.8 Å². The van der Waals surface area contributed by atoms with Crippen LogP contribution in [-0.2, 0) is 22.4 Å². The number of hydrogen-bond acceptors (Lipinski definition) is 5. The Bertz CT molecular complexity index is 430. The second-order valence-corrected chi connectivity index (χ2v) is 4.84. The molecule has 1 rings (SSSR count). The number of carbonyl (C=O) groups excluding carboxylic acids is 1. The molecule has 0 unspecified atom stereocenters. The van der Waals surface area contributed by atoms with Gasteiger partial charge in [0.25, 0.3) is 0 Å². The van der Waals surface area contributed by atoms with E-state index in [1.165, 1.54) is 0 Å². The Kier molecular flexibility index (Phi) is 6.12. The Hall–Kier alpha value is -1.44. The molecular weight excluding hydrogens is 277 g/mol. The zero-order valence-electron chi connectivity index (χ0n) is 11.4. The first-order valence-electron chi connectivity index (χ1n) is 6.24. The van der Waals surface area contributed by atoms with Crippen molar-refractivity contribution in [3.63, 3.8) is 0 Å². The molecule has 114 valence electrons. The lowest BCUT2D eigenvalue weighted by Crippen LogP contribution is -2.18. The lowest BCUT2D eigenvalue weighted by Gasteiger charge is -2.05. The summed E-state index contributed by atoms with van der Waals surface area (Å²) in [5.74, 6) is 0.658. The van der Waals surface area contributed by atoms with Crippen molar-refractivity contribution in [3.8, 4) is 0 Å². The maximum absolute atomic E-state index is 11.8. The van der Waals surface area contributed by atoms with Gasteiger partial charge in [0, 0.05) is 12.8 Å². The SMILES string of the molecule is CC(C)CC(=O)Cc1nc(CCOCC(F)(F)F)no1. The lowest BCUT2D eigenvalue weighted by molar-refractivity contribution is -0.173. The average molecular weight is 294 g/mol. The number of rotatable bonds is 8. The number of alkyl halides is 3. The summed E-state index contributed by atoms with van der Waals surface area (Å²) in [5.41, 5.74) is 0. The first-order valence-corrected chi connectivity index (χ1v) is 6.24. The summed E-state index contributed by atoms with van der Waals surface area (Å²) in [5, 5.41) is 3.58. The van der Waals surface area contributed by atoms with E-state index < -0.39 is 12.8 Å². The fraction of sp³-hybridized carbons (Fsp3) is 0.750. The Morgan fingerprint density at radius 3 is 2.70 bits per heavy atom. The molecule has 1 aromatic rings. The highest BCUT2D eigenvalue weighted by Gasteiger charge is 2.27. The normalized spacial score (nSPS) is 12.1. The van der Waals surface area contributed by atoms with Gasteiger partial charge in [0.15, 0.2) is 5.82 Å². The van der Waals surface area contributed by atoms with Gasteiger partial charge in [-0.2, -0.15) is 18.2 Å². The summed E-state index contributed by atoms with van der Waals surface area (Å²) in [4.78, 5) is 15.5. The van der Waals surface area contributed by atoms with Crippen LogP contribution >= 0.6 is 0 Å². The highest BCUT2D eigenvalue weighted by atomic mass is 19.4. The Morgan fingerprint density at radius 1 is 1.40 bits per heavy atom. The molecule has 0 saturated carbocycles. The molecule has 0 aliphatic rings. The molecule has 0 fully saturated rings. The minimum absolute atomic E-state index is 0.0106. The highest BCUT2D eigenvalue weighted by molar-refractivity contribution is 5.80. The second-order valence-electron chi connectivity index (χ2n) is 4.84. The van der Waals surface area contributed by atoms with E-state index in [0.717, 1.165) is 0 Å². The molecule has 0 amide bonds. The fourth-order valence-electron chi connectivity index (χ4n) is 1.51. The van der Waals surface area contributed by atoms with Gasteiger partial charge in [-0.3, -0.25) is 4.79 Å². The van der Waals surface area contributed by atoms with E-state index in [1.54, 1.807) is 0 Å². The van der Waals surface area contributed by atoms with Gasteiger partial charge in [0.05, 0.1) is 13.0 Å². The van der Waals surface area contributed by atoms with E-state index in [0.29, 0.717) is 6.42 Å². The van der Waals surface area contributed by atoms with Crippen molar-refractivity contribution < 1.29 is 27.2 Å². The van der Waals surface area contributed by atoms with Crippen LogP contribution in [0.5, 0.6) is 0 Å². The van der Waals surface area contributed by atoms with E-state index in [-0.39, 0.29) is 42.9 Å². The number of halogens is 3. The average Bonchev–Trinajstić information content (AvgIpc) is 2.69. The van der Waals surface area contributed by atoms with Crippen molar-refractivity contribution in [3.05, 3.63) is 11.7 Å². The Labute approximate surface area is 114 Å². The largest absolute Gasteiger partial charge is 0.411 e. The van der Waals surface area contributed by atoms with Crippen LogP contribution in [0.4, 0.5) is 13.2 Å². The molecule has 20 heavy (non-hydrogen) atoms. The van der Waals surface area contributed by atoms with Gasteiger partial charge in [-0.25, -0.2) is 0 Å². The molecule has 0 aliphatic heterocycles. The van der Waals surface area contributed by atoms with Gasteiger partial charge in [0.2, 0.25) is 5.89 Å². The van der Waals surface area contributed by atoms with Crippen molar-refractivity contribution >= 4 is 5.78 Å². The van der Waals surface area contributed by atoms with Crippen molar-refractivity contribution in [1.82, 2.24) is 10.1 Å². The topological polar surface area (TPSA) is 65.2 Å². The van der Waals surface area contributed by atoms with Crippen molar-refractivity contribution in [2.24, 2.45) is 5.92 Å². The zero-order valence-corrected chi connectivity index (χ0v) is 11.4. The van der Waals surface area contributed by atoms with Gasteiger partial charge in [-0.05, 0) is 5.92 Å². The van der Waals surface area contributed by atoms with E-state index in [4.69, 9.17) is 4.52 Å². The van der Waals surface area contributed by atoms with Crippen molar-refractivity contribution in [2.45, 2.75) is 39.3 Å². The molecule has 1 aromatic heterocycles. The van der Waals surface area contributed by atoms with Crippen molar-refractivity contribution in [1.29, 1.82) is 0 Å². The third-order valence-electron chi connectivity index (χ3n) is 2.23. The quantitative estimate of drug-likeness (QED) is 0.689. The van der Waals surface area contributed by atoms with Crippen LogP contribution in [0.15, 0.2) is 4.52 Å². The van der Waals surface area contributed by atoms with Gasteiger partial charge < -0.3 is 9.26 Å². The standard InChI is InChI=1S/C12H17F3N2O3/c1-8(2)5-9(18)6-11-16-10(17-20-11)3-4-19-7-12(13,14)15/h8H,3-7H2,1-2H3. The van der Waals surface area contributed by atoms with Crippen LogP contribution in [0, 0.1) is 5.92 Å². The molecule has 0 spiro atoms. The predicted octanol–water partition coefficient (Wildman–Crippen LogP) is 2.35. The number of aromatic nitrogens is 2.